The van der Waals surface area contributed by atoms with Gasteiger partial charge < -0.3 is 0 Å². The lowest BCUT2D eigenvalue weighted by atomic mass is 10.2. The number of hydrogen-bond acceptors (Lipinski definition) is 2. The molecule has 1 heterocycles. The monoisotopic (exact) mass is 370 g/mol. The van der Waals surface area contributed by atoms with Gasteiger partial charge in [0.1, 0.15) is 16.5 Å². The highest BCUT2D eigenvalue weighted by Crippen LogP contribution is 2.32. The summed E-state index contributed by atoms with van der Waals surface area (Å²) in [4.78, 5) is 8.46. The molecule has 0 aliphatic carbocycles. The fourth-order valence-electron chi connectivity index (χ4n) is 1.88. The third kappa shape index (κ3) is 2.39. The van der Waals surface area contributed by atoms with Crippen LogP contribution in [0.4, 0.5) is 4.39 Å². The van der Waals surface area contributed by atoms with Crippen LogP contribution in [0, 0.1) is 5.82 Å². The van der Waals surface area contributed by atoms with Crippen LogP contribution in [0.15, 0.2) is 40.9 Å². The molecule has 1 aromatic heterocycles. The molecule has 2 aromatic carbocycles. The van der Waals surface area contributed by atoms with Crippen molar-refractivity contribution in [3.05, 3.63) is 56.9 Å². The van der Waals surface area contributed by atoms with Crippen LogP contribution in [-0.2, 0) is 0 Å². The summed E-state index contributed by atoms with van der Waals surface area (Å²) >= 11 is 15.4. The van der Waals surface area contributed by atoms with Crippen molar-refractivity contribution in [1.29, 1.82) is 0 Å². The maximum absolute atomic E-state index is 13.9. The standard InChI is InChI=1S/C14H6BrCl2FN2/c15-9-4-5-10(18)12-11(9)13(17)20-14(19-12)7-2-1-3-8(16)6-7/h1-6H. The topological polar surface area (TPSA) is 25.8 Å². The number of fused-ring (bicyclic) bond motifs is 1. The first kappa shape index (κ1) is 13.7. The average Bonchev–Trinajstić information content (AvgIpc) is 2.42. The number of rotatable bonds is 1. The van der Waals surface area contributed by atoms with Gasteiger partial charge >= 0.3 is 0 Å². The maximum Gasteiger partial charge on any atom is 0.161 e. The molecule has 0 saturated heterocycles. The van der Waals surface area contributed by atoms with E-state index in [1.807, 2.05) is 0 Å². The minimum absolute atomic E-state index is 0.175. The first-order valence-corrected chi connectivity index (χ1v) is 7.18. The summed E-state index contributed by atoms with van der Waals surface area (Å²) in [5, 5.41) is 1.20. The van der Waals surface area contributed by atoms with E-state index in [2.05, 4.69) is 25.9 Å². The van der Waals surface area contributed by atoms with E-state index in [4.69, 9.17) is 23.2 Å². The fraction of sp³-hybridized carbons (Fsp3) is 0. The molecule has 3 rings (SSSR count). The Hall–Kier alpha value is -1.23. The number of benzene rings is 2. The van der Waals surface area contributed by atoms with Crippen molar-refractivity contribution in [3.8, 4) is 11.4 Å². The zero-order chi connectivity index (χ0) is 14.3. The molecule has 0 atom stereocenters. The molecule has 0 amide bonds. The second-order valence-corrected chi connectivity index (χ2v) is 5.75. The normalized spacial score (nSPS) is 11.0. The van der Waals surface area contributed by atoms with Crippen LogP contribution in [0.2, 0.25) is 10.2 Å². The first-order valence-electron chi connectivity index (χ1n) is 5.63. The summed E-state index contributed by atoms with van der Waals surface area (Å²) in [7, 11) is 0. The van der Waals surface area contributed by atoms with Crippen LogP contribution in [0.1, 0.15) is 0 Å². The summed E-state index contributed by atoms with van der Waals surface area (Å²) in [5.74, 6) is -0.113. The SMILES string of the molecule is Fc1ccc(Br)c2c(Cl)nc(-c3cccc(Cl)c3)nc12. The highest BCUT2D eigenvalue weighted by molar-refractivity contribution is 9.10. The minimum Gasteiger partial charge on any atom is -0.225 e. The van der Waals surface area contributed by atoms with Gasteiger partial charge in [0.25, 0.3) is 0 Å². The molecular formula is C14H6BrCl2FN2. The van der Waals surface area contributed by atoms with Gasteiger partial charge in [-0.25, -0.2) is 14.4 Å². The molecule has 0 fully saturated rings. The van der Waals surface area contributed by atoms with Crippen LogP contribution in [-0.4, -0.2) is 9.97 Å². The molecule has 2 nitrogen and oxygen atoms in total. The van der Waals surface area contributed by atoms with Crippen LogP contribution in [0.5, 0.6) is 0 Å². The first-order chi connectivity index (χ1) is 9.56. The van der Waals surface area contributed by atoms with Crippen LogP contribution in [0.3, 0.4) is 0 Å². The van der Waals surface area contributed by atoms with Gasteiger partial charge in [-0.3, -0.25) is 0 Å². The van der Waals surface area contributed by atoms with Crippen molar-refractivity contribution in [2.45, 2.75) is 0 Å². The van der Waals surface area contributed by atoms with Crippen LogP contribution >= 0.6 is 39.1 Å². The van der Waals surface area contributed by atoms with E-state index in [1.165, 1.54) is 6.07 Å². The third-order valence-electron chi connectivity index (χ3n) is 2.79. The predicted molar refractivity (Wildman–Crippen MR) is 82.7 cm³/mol. The van der Waals surface area contributed by atoms with E-state index in [9.17, 15) is 4.39 Å². The zero-order valence-electron chi connectivity index (χ0n) is 9.87. The predicted octanol–water partition coefficient (Wildman–Crippen LogP) is 5.51. The van der Waals surface area contributed by atoms with Crippen molar-refractivity contribution in [1.82, 2.24) is 9.97 Å². The molecule has 0 aliphatic rings. The minimum atomic E-state index is -0.448. The lowest BCUT2D eigenvalue weighted by Crippen LogP contribution is -1.95. The molecule has 0 bridgehead atoms. The summed E-state index contributed by atoms with van der Waals surface area (Å²) in [6, 6.07) is 9.92. The quantitative estimate of drug-likeness (QED) is 0.527. The van der Waals surface area contributed by atoms with Crippen molar-refractivity contribution >= 4 is 50.0 Å². The van der Waals surface area contributed by atoms with E-state index in [-0.39, 0.29) is 10.7 Å². The summed E-state index contributed by atoms with van der Waals surface area (Å²) in [6.45, 7) is 0. The Morgan fingerprint density at radius 3 is 2.60 bits per heavy atom. The average molecular weight is 372 g/mol. The second-order valence-electron chi connectivity index (χ2n) is 4.10. The highest BCUT2D eigenvalue weighted by Gasteiger charge is 2.14. The number of aromatic nitrogens is 2. The van der Waals surface area contributed by atoms with E-state index < -0.39 is 5.82 Å². The molecule has 6 heteroatoms. The molecule has 0 N–H and O–H groups in total. The summed E-state index contributed by atoms with van der Waals surface area (Å²) in [6.07, 6.45) is 0. The fourth-order valence-corrected chi connectivity index (χ4v) is 2.97. The third-order valence-corrected chi connectivity index (χ3v) is 3.96. The van der Waals surface area contributed by atoms with Gasteiger partial charge in [0.15, 0.2) is 5.82 Å². The van der Waals surface area contributed by atoms with Crippen molar-refractivity contribution in [2.75, 3.05) is 0 Å². The maximum atomic E-state index is 13.9. The van der Waals surface area contributed by atoms with E-state index >= 15 is 0 Å². The highest BCUT2D eigenvalue weighted by atomic mass is 79.9. The Morgan fingerprint density at radius 2 is 1.85 bits per heavy atom. The largest absolute Gasteiger partial charge is 0.225 e. The molecule has 0 spiro atoms. The van der Waals surface area contributed by atoms with Crippen LogP contribution in [0.25, 0.3) is 22.3 Å². The Labute approximate surface area is 132 Å². The Balaban J connectivity index is 2.32. The van der Waals surface area contributed by atoms with Crippen LogP contribution < -0.4 is 0 Å². The molecular weight excluding hydrogens is 366 g/mol. The Morgan fingerprint density at radius 1 is 1.05 bits per heavy atom. The van der Waals surface area contributed by atoms with Gasteiger partial charge in [0.2, 0.25) is 0 Å². The van der Waals surface area contributed by atoms with Gasteiger partial charge in [0, 0.05) is 15.1 Å². The molecule has 3 aromatic rings. The number of halogens is 4. The number of nitrogens with zero attached hydrogens (tertiary/aromatic N) is 2. The summed E-state index contributed by atoms with van der Waals surface area (Å²) in [5.41, 5.74) is 0.857. The van der Waals surface area contributed by atoms with E-state index in [0.717, 1.165) is 0 Å². The zero-order valence-corrected chi connectivity index (χ0v) is 13.0. The molecule has 0 aliphatic heterocycles. The molecule has 0 unspecified atom stereocenters. The van der Waals surface area contributed by atoms with Gasteiger partial charge in [-0.05, 0) is 40.2 Å². The van der Waals surface area contributed by atoms with Gasteiger partial charge in [-0.1, -0.05) is 35.3 Å². The number of hydrogen-bond donors (Lipinski definition) is 0. The van der Waals surface area contributed by atoms with Crippen molar-refractivity contribution in [2.24, 2.45) is 0 Å². The molecule has 0 saturated carbocycles. The molecule has 0 radical (unpaired) electrons. The smallest absolute Gasteiger partial charge is 0.161 e. The van der Waals surface area contributed by atoms with E-state index in [1.54, 1.807) is 30.3 Å². The lowest BCUT2D eigenvalue weighted by Gasteiger charge is -2.07. The lowest BCUT2D eigenvalue weighted by molar-refractivity contribution is 0.636. The second kappa shape index (κ2) is 5.28. The summed E-state index contributed by atoms with van der Waals surface area (Å²) < 4.78 is 14.6. The van der Waals surface area contributed by atoms with Gasteiger partial charge in [0.05, 0.1) is 5.39 Å². The van der Waals surface area contributed by atoms with Crippen molar-refractivity contribution < 1.29 is 4.39 Å². The molecule has 20 heavy (non-hydrogen) atoms. The Kier molecular flexibility index (Phi) is 3.63. The van der Waals surface area contributed by atoms with Gasteiger partial charge in [-0.15, -0.1) is 0 Å². The Bertz CT molecular complexity index is 824. The van der Waals surface area contributed by atoms with Crippen molar-refractivity contribution in [3.63, 3.8) is 0 Å². The molecule has 100 valence electrons. The van der Waals surface area contributed by atoms with Gasteiger partial charge in [-0.2, -0.15) is 0 Å². The van der Waals surface area contributed by atoms with E-state index in [0.29, 0.717) is 26.3 Å².